The van der Waals surface area contributed by atoms with Crippen molar-refractivity contribution in [3.05, 3.63) is 0 Å². The molecule has 0 bridgehead atoms. The summed E-state index contributed by atoms with van der Waals surface area (Å²) in [6.45, 7) is 11.2. The van der Waals surface area contributed by atoms with Crippen LogP contribution in [0.5, 0.6) is 0 Å². The van der Waals surface area contributed by atoms with Crippen molar-refractivity contribution >= 4 is 0 Å². The lowest BCUT2D eigenvalue weighted by atomic mass is 9.95. The highest BCUT2D eigenvalue weighted by Crippen LogP contribution is 2.42. The summed E-state index contributed by atoms with van der Waals surface area (Å²) in [5.41, 5.74) is 0. The Morgan fingerprint density at radius 1 is 0.774 bits per heavy atom. The van der Waals surface area contributed by atoms with E-state index in [1.165, 1.54) is 7.11 Å². The molecule has 180 valence electrons. The standard InChI is InChI=1S/C21H36O10/c1-19(2)25-9-12(27-19)15-14(28-20(3,4)29-15)11(23)8-10(22)13-16-17(18(24-7)26-13)31-21(5,6)30-16/h10-18,22-23H,8-9H2,1-7H3/t10-,11-,12+,13-,14+,15+,16+,17+,18+/m1/s1. The second-order valence-corrected chi connectivity index (χ2v) is 10.1. The third-order valence-electron chi connectivity index (χ3n) is 6.08. The summed E-state index contributed by atoms with van der Waals surface area (Å²) >= 11 is 0. The molecular formula is C21H36O10. The molecule has 9 atom stereocenters. The van der Waals surface area contributed by atoms with Crippen LogP contribution in [-0.2, 0) is 37.9 Å². The lowest BCUT2D eigenvalue weighted by Gasteiger charge is -2.30. The smallest absolute Gasteiger partial charge is 0.186 e. The van der Waals surface area contributed by atoms with Gasteiger partial charge in [-0.2, -0.15) is 0 Å². The summed E-state index contributed by atoms with van der Waals surface area (Å²) in [4.78, 5) is 0. The fourth-order valence-corrected chi connectivity index (χ4v) is 4.89. The van der Waals surface area contributed by atoms with Gasteiger partial charge >= 0.3 is 0 Å². The third kappa shape index (κ3) is 4.79. The number of aliphatic hydroxyl groups is 2. The second-order valence-electron chi connectivity index (χ2n) is 10.1. The first-order valence-corrected chi connectivity index (χ1v) is 10.9. The molecular weight excluding hydrogens is 412 g/mol. The van der Waals surface area contributed by atoms with Crippen LogP contribution in [0.2, 0.25) is 0 Å². The molecule has 0 aliphatic carbocycles. The van der Waals surface area contributed by atoms with Crippen molar-refractivity contribution in [3.63, 3.8) is 0 Å². The maximum Gasteiger partial charge on any atom is 0.186 e. The number of rotatable bonds is 6. The molecule has 0 aromatic heterocycles. The Labute approximate surface area is 183 Å². The number of methoxy groups -OCH3 is 1. The van der Waals surface area contributed by atoms with Crippen LogP contribution in [-0.4, -0.2) is 96.4 Å². The maximum absolute atomic E-state index is 11.0. The van der Waals surface area contributed by atoms with E-state index >= 15 is 0 Å². The van der Waals surface area contributed by atoms with Crippen molar-refractivity contribution in [2.75, 3.05) is 13.7 Å². The quantitative estimate of drug-likeness (QED) is 0.601. The van der Waals surface area contributed by atoms with Crippen LogP contribution in [0.3, 0.4) is 0 Å². The molecule has 0 spiro atoms. The van der Waals surface area contributed by atoms with E-state index in [4.69, 9.17) is 37.9 Å². The second kappa shape index (κ2) is 8.12. The molecule has 4 aliphatic heterocycles. The Kier molecular flexibility index (Phi) is 6.22. The van der Waals surface area contributed by atoms with E-state index in [2.05, 4.69) is 0 Å². The van der Waals surface area contributed by atoms with E-state index < -0.39 is 72.5 Å². The van der Waals surface area contributed by atoms with Crippen LogP contribution in [0.25, 0.3) is 0 Å². The average Bonchev–Trinajstić information content (AvgIpc) is 3.34. The molecule has 4 aliphatic rings. The van der Waals surface area contributed by atoms with Gasteiger partial charge in [-0.05, 0) is 41.5 Å². The first-order valence-electron chi connectivity index (χ1n) is 10.9. The van der Waals surface area contributed by atoms with E-state index in [1.54, 1.807) is 27.7 Å². The highest BCUT2D eigenvalue weighted by atomic mass is 16.8. The van der Waals surface area contributed by atoms with E-state index in [-0.39, 0.29) is 6.42 Å². The summed E-state index contributed by atoms with van der Waals surface area (Å²) < 4.78 is 46.6. The van der Waals surface area contributed by atoms with Gasteiger partial charge in [-0.15, -0.1) is 0 Å². The molecule has 0 saturated carbocycles. The number of hydrogen-bond acceptors (Lipinski definition) is 10. The highest BCUT2D eigenvalue weighted by Gasteiger charge is 2.58. The minimum absolute atomic E-state index is 0.00825. The molecule has 4 saturated heterocycles. The van der Waals surface area contributed by atoms with E-state index in [9.17, 15) is 10.2 Å². The zero-order valence-electron chi connectivity index (χ0n) is 19.3. The van der Waals surface area contributed by atoms with Crippen LogP contribution in [0.15, 0.2) is 0 Å². The molecule has 0 aromatic rings. The molecule has 0 aromatic carbocycles. The maximum atomic E-state index is 11.0. The van der Waals surface area contributed by atoms with Gasteiger partial charge in [-0.1, -0.05) is 0 Å². The van der Waals surface area contributed by atoms with Crippen molar-refractivity contribution < 1.29 is 48.1 Å². The summed E-state index contributed by atoms with van der Waals surface area (Å²) in [5, 5.41) is 22.0. The molecule has 10 nitrogen and oxygen atoms in total. The average molecular weight is 449 g/mol. The van der Waals surface area contributed by atoms with E-state index in [0.29, 0.717) is 6.61 Å². The summed E-state index contributed by atoms with van der Waals surface area (Å²) in [7, 11) is 1.52. The van der Waals surface area contributed by atoms with Gasteiger partial charge in [0.1, 0.15) is 36.6 Å². The summed E-state index contributed by atoms with van der Waals surface area (Å²) in [6, 6.07) is 0. The predicted molar refractivity (Wildman–Crippen MR) is 105 cm³/mol. The minimum Gasteiger partial charge on any atom is -0.390 e. The van der Waals surface area contributed by atoms with Crippen molar-refractivity contribution in [2.45, 2.75) is 120 Å². The van der Waals surface area contributed by atoms with Gasteiger partial charge in [0.2, 0.25) is 0 Å². The van der Waals surface area contributed by atoms with Crippen molar-refractivity contribution in [2.24, 2.45) is 0 Å². The molecule has 0 amide bonds. The van der Waals surface area contributed by atoms with Gasteiger partial charge in [-0.3, -0.25) is 0 Å². The molecule has 0 unspecified atom stereocenters. The molecule has 2 N–H and O–H groups in total. The Hall–Kier alpha value is -0.400. The molecule has 4 heterocycles. The van der Waals surface area contributed by atoms with Gasteiger partial charge in [-0.25, -0.2) is 0 Å². The first-order chi connectivity index (χ1) is 14.3. The number of ether oxygens (including phenoxy) is 8. The lowest BCUT2D eigenvalue weighted by molar-refractivity contribution is -0.238. The number of fused-ring (bicyclic) bond motifs is 1. The van der Waals surface area contributed by atoms with Gasteiger partial charge in [0.15, 0.2) is 23.7 Å². The van der Waals surface area contributed by atoms with E-state index in [0.717, 1.165) is 0 Å². The van der Waals surface area contributed by atoms with Crippen LogP contribution >= 0.6 is 0 Å². The first kappa shape index (κ1) is 23.7. The largest absolute Gasteiger partial charge is 0.390 e. The van der Waals surface area contributed by atoms with Crippen LogP contribution in [0.4, 0.5) is 0 Å². The van der Waals surface area contributed by atoms with Crippen LogP contribution < -0.4 is 0 Å². The Morgan fingerprint density at radius 3 is 1.97 bits per heavy atom. The van der Waals surface area contributed by atoms with Crippen LogP contribution in [0, 0.1) is 0 Å². The van der Waals surface area contributed by atoms with Gasteiger partial charge in [0.25, 0.3) is 0 Å². The third-order valence-corrected chi connectivity index (χ3v) is 6.08. The van der Waals surface area contributed by atoms with Gasteiger partial charge in [0.05, 0.1) is 18.8 Å². The monoisotopic (exact) mass is 448 g/mol. The van der Waals surface area contributed by atoms with Gasteiger partial charge < -0.3 is 48.1 Å². The van der Waals surface area contributed by atoms with E-state index in [1.807, 2.05) is 13.8 Å². The van der Waals surface area contributed by atoms with Crippen molar-refractivity contribution in [1.82, 2.24) is 0 Å². The SMILES string of the molecule is CO[C@H]1O[C@H]([C@H](O)C[C@@H](O)[C@@H]2OC(C)(C)O[C@H]2[C@@H]2COC(C)(C)O2)[C@@H]2OC(C)(C)O[C@H]12. The van der Waals surface area contributed by atoms with Crippen molar-refractivity contribution in [1.29, 1.82) is 0 Å². The van der Waals surface area contributed by atoms with Gasteiger partial charge in [0, 0.05) is 13.5 Å². The summed E-state index contributed by atoms with van der Waals surface area (Å²) in [5.74, 6) is -2.44. The Morgan fingerprint density at radius 2 is 1.35 bits per heavy atom. The Bertz CT molecular complexity index is 652. The number of aliphatic hydroxyl groups excluding tert-OH is 2. The van der Waals surface area contributed by atoms with Crippen LogP contribution in [0.1, 0.15) is 48.0 Å². The van der Waals surface area contributed by atoms with Crippen molar-refractivity contribution in [3.8, 4) is 0 Å². The topological polar surface area (TPSA) is 114 Å². The fraction of sp³-hybridized carbons (Fsp3) is 1.00. The summed E-state index contributed by atoms with van der Waals surface area (Å²) in [6.07, 6.45) is -6.08. The molecule has 0 radical (unpaired) electrons. The zero-order valence-corrected chi connectivity index (χ0v) is 19.3. The predicted octanol–water partition coefficient (Wildman–Crippen LogP) is 0.661. The minimum atomic E-state index is -1.04. The zero-order chi connectivity index (χ0) is 22.8. The fourth-order valence-electron chi connectivity index (χ4n) is 4.89. The Balaban J connectivity index is 1.43. The normalized spacial score (nSPS) is 45.0. The molecule has 31 heavy (non-hydrogen) atoms. The highest BCUT2D eigenvalue weighted by molar-refractivity contribution is 5.00. The lowest BCUT2D eigenvalue weighted by Crippen LogP contribution is -2.47. The molecule has 4 rings (SSSR count). The molecule has 4 fully saturated rings. The molecule has 10 heteroatoms. The number of hydrogen-bond donors (Lipinski definition) is 2.